The second-order valence-corrected chi connectivity index (χ2v) is 4.68. The van der Waals surface area contributed by atoms with E-state index in [9.17, 15) is 20.0 Å². The molecule has 7 heteroatoms. The van der Waals surface area contributed by atoms with Crippen molar-refractivity contribution in [2.24, 2.45) is 0 Å². The summed E-state index contributed by atoms with van der Waals surface area (Å²) in [5.74, 6) is -0.976. The van der Waals surface area contributed by atoms with E-state index in [0.717, 1.165) is 12.8 Å². The molecule has 2 rings (SSSR count). The smallest absolute Gasteiger partial charge is 0.311 e. The van der Waals surface area contributed by atoms with Crippen LogP contribution in [0.15, 0.2) is 18.2 Å². The zero-order valence-corrected chi connectivity index (χ0v) is 11.1. The van der Waals surface area contributed by atoms with Crippen LogP contribution in [-0.2, 0) is 4.74 Å². The molecule has 1 aliphatic rings. The van der Waals surface area contributed by atoms with E-state index < -0.39 is 22.3 Å². The zero-order chi connectivity index (χ0) is 14.7. The van der Waals surface area contributed by atoms with E-state index in [-0.39, 0.29) is 11.6 Å². The summed E-state index contributed by atoms with van der Waals surface area (Å²) in [6.45, 7) is 0.983. The lowest BCUT2D eigenvalue weighted by atomic mass is 10.1. The van der Waals surface area contributed by atoms with Crippen LogP contribution in [0.1, 0.15) is 23.2 Å². The van der Waals surface area contributed by atoms with Gasteiger partial charge in [-0.2, -0.15) is 0 Å². The van der Waals surface area contributed by atoms with Crippen LogP contribution in [-0.4, -0.2) is 47.1 Å². The maximum absolute atomic E-state index is 12.4. The predicted molar refractivity (Wildman–Crippen MR) is 70.7 cm³/mol. The average molecular weight is 280 g/mol. The van der Waals surface area contributed by atoms with Gasteiger partial charge in [0.2, 0.25) is 5.75 Å². The minimum absolute atomic E-state index is 0.0396. The van der Waals surface area contributed by atoms with E-state index in [0.29, 0.717) is 13.2 Å². The number of rotatable bonds is 4. The second-order valence-electron chi connectivity index (χ2n) is 4.68. The monoisotopic (exact) mass is 280 g/mol. The number of phenols is 1. The Morgan fingerprint density at radius 2 is 2.35 bits per heavy atom. The number of nitro groups is 1. The first-order valence-corrected chi connectivity index (χ1v) is 6.32. The summed E-state index contributed by atoms with van der Waals surface area (Å²) < 4.78 is 5.07. The third-order valence-electron chi connectivity index (χ3n) is 3.44. The molecular weight excluding hydrogens is 264 g/mol. The summed E-state index contributed by atoms with van der Waals surface area (Å²) in [6.07, 6.45) is 1.69. The lowest BCUT2D eigenvalue weighted by Gasteiger charge is -2.24. The van der Waals surface area contributed by atoms with Gasteiger partial charge in [0.15, 0.2) is 0 Å². The number of ether oxygens (including phenoxy) is 1. The number of benzene rings is 1. The molecular formula is C13H16N2O5. The van der Waals surface area contributed by atoms with Gasteiger partial charge >= 0.3 is 5.69 Å². The van der Waals surface area contributed by atoms with Gasteiger partial charge in [0.05, 0.1) is 23.1 Å². The van der Waals surface area contributed by atoms with Gasteiger partial charge in [0.25, 0.3) is 5.91 Å². The fourth-order valence-corrected chi connectivity index (χ4v) is 2.47. The Balaban J connectivity index is 2.29. The highest BCUT2D eigenvalue weighted by Crippen LogP contribution is 2.31. The molecule has 0 aromatic heterocycles. The van der Waals surface area contributed by atoms with Crippen LogP contribution in [0.25, 0.3) is 0 Å². The molecule has 7 nitrogen and oxygen atoms in total. The SMILES string of the molecule is COC[C@@H]1CCCN1C(=O)c1cccc([N+](=O)[O-])c1O. The maximum atomic E-state index is 12.4. The quantitative estimate of drug-likeness (QED) is 0.667. The fourth-order valence-electron chi connectivity index (χ4n) is 2.47. The number of nitro benzene ring substituents is 1. The number of carbonyl (C=O) groups excluding carboxylic acids is 1. The lowest BCUT2D eigenvalue weighted by Crippen LogP contribution is -2.38. The van der Waals surface area contributed by atoms with Crippen LogP contribution < -0.4 is 0 Å². The topological polar surface area (TPSA) is 92.9 Å². The Morgan fingerprint density at radius 3 is 3.00 bits per heavy atom. The highest BCUT2D eigenvalue weighted by Gasteiger charge is 2.32. The van der Waals surface area contributed by atoms with Crippen LogP contribution in [0.3, 0.4) is 0 Å². The molecule has 1 atom stereocenters. The van der Waals surface area contributed by atoms with Gasteiger partial charge in [-0.25, -0.2) is 0 Å². The molecule has 1 aromatic rings. The summed E-state index contributed by atoms with van der Waals surface area (Å²) in [5.41, 5.74) is -0.499. The average Bonchev–Trinajstić information content (AvgIpc) is 2.86. The number of hydrogen-bond donors (Lipinski definition) is 1. The zero-order valence-electron chi connectivity index (χ0n) is 11.1. The minimum Gasteiger partial charge on any atom is -0.502 e. The largest absolute Gasteiger partial charge is 0.502 e. The van der Waals surface area contributed by atoms with Crippen molar-refractivity contribution in [2.45, 2.75) is 18.9 Å². The van der Waals surface area contributed by atoms with Crippen molar-refractivity contribution in [3.05, 3.63) is 33.9 Å². The first-order chi connectivity index (χ1) is 9.56. The van der Waals surface area contributed by atoms with Gasteiger partial charge in [-0.1, -0.05) is 6.07 Å². The summed E-state index contributed by atoms with van der Waals surface area (Å²) in [5, 5.41) is 20.7. The third kappa shape index (κ3) is 2.57. The molecule has 20 heavy (non-hydrogen) atoms. The van der Waals surface area contributed by atoms with Gasteiger partial charge < -0.3 is 14.7 Å². The number of likely N-dealkylation sites (tertiary alicyclic amines) is 1. The van der Waals surface area contributed by atoms with Crippen LogP contribution in [0.4, 0.5) is 5.69 Å². The minimum atomic E-state index is -0.706. The number of nitrogens with zero attached hydrogens (tertiary/aromatic N) is 2. The number of amides is 1. The van der Waals surface area contributed by atoms with Crippen molar-refractivity contribution >= 4 is 11.6 Å². The Hall–Kier alpha value is -2.15. The molecule has 0 saturated carbocycles. The molecule has 1 heterocycles. The molecule has 0 spiro atoms. The van der Waals surface area contributed by atoms with Crippen molar-refractivity contribution in [3.63, 3.8) is 0 Å². The van der Waals surface area contributed by atoms with E-state index >= 15 is 0 Å². The Bertz CT molecular complexity index is 531. The van der Waals surface area contributed by atoms with Crippen LogP contribution in [0.5, 0.6) is 5.75 Å². The van der Waals surface area contributed by atoms with E-state index in [1.54, 1.807) is 12.0 Å². The molecule has 0 aliphatic carbocycles. The summed E-state index contributed by atoms with van der Waals surface area (Å²) in [7, 11) is 1.56. The Kier molecular flexibility index (Phi) is 4.19. The number of phenolic OH excluding ortho intramolecular Hbond substituents is 1. The van der Waals surface area contributed by atoms with Crippen molar-refractivity contribution in [1.29, 1.82) is 0 Å². The second kappa shape index (κ2) is 5.87. The first-order valence-electron chi connectivity index (χ1n) is 6.32. The standard InChI is InChI=1S/C13H16N2O5/c1-20-8-9-4-3-7-14(9)13(17)10-5-2-6-11(12(10)16)15(18)19/h2,5-6,9,16H,3-4,7-8H2,1H3/t9-/m0/s1. The molecule has 108 valence electrons. The van der Waals surface area contributed by atoms with E-state index in [2.05, 4.69) is 0 Å². The molecule has 1 fully saturated rings. The molecule has 1 aliphatic heterocycles. The van der Waals surface area contributed by atoms with E-state index in [1.165, 1.54) is 18.2 Å². The summed E-state index contributed by atoms with van der Waals surface area (Å²) >= 11 is 0. The first kappa shape index (κ1) is 14.3. The maximum Gasteiger partial charge on any atom is 0.311 e. The molecule has 1 N–H and O–H groups in total. The van der Waals surface area contributed by atoms with Gasteiger partial charge in [0.1, 0.15) is 0 Å². The van der Waals surface area contributed by atoms with Crippen LogP contribution >= 0.6 is 0 Å². The number of hydrogen-bond acceptors (Lipinski definition) is 5. The fraction of sp³-hybridized carbons (Fsp3) is 0.462. The highest BCUT2D eigenvalue weighted by atomic mass is 16.6. The normalized spacial score (nSPS) is 18.2. The van der Waals surface area contributed by atoms with Crippen molar-refractivity contribution in [1.82, 2.24) is 4.90 Å². The van der Waals surface area contributed by atoms with Gasteiger partial charge in [-0.15, -0.1) is 0 Å². The van der Waals surface area contributed by atoms with Gasteiger partial charge in [-0.05, 0) is 18.9 Å². The van der Waals surface area contributed by atoms with Crippen molar-refractivity contribution in [2.75, 3.05) is 20.3 Å². The number of carbonyl (C=O) groups is 1. The number of aromatic hydroxyl groups is 1. The van der Waals surface area contributed by atoms with Crippen molar-refractivity contribution < 1.29 is 19.6 Å². The van der Waals surface area contributed by atoms with Crippen molar-refractivity contribution in [3.8, 4) is 5.75 Å². The number of methoxy groups -OCH3 is 1. The molecule has 1 aromatic carbocycles. The summed E-state index contributed by atoms with van der Waals surface area (Å²) in [4.78, 5) is 24.1. The molecule has 0 unspecified atom stereocenters. The molecule has 0 bridgehead atoms. The highest BCUT2D eigenvalue weighted by molar-refractivity contribution is 5.98. The van der Waals surface area contributed by atoms with Gasteiger partial charge in [-0.3, -0.25) is 14.9 Å². The van der Waals surface area contributed by atoms with E-state index in [4.69, 9.17) is 4.74 Å². The molecule has 1 amide bonds. The number of para-hydroxylation sites is 1. The Labute approximate surface area is 115 Å². The van der Waals surface area contributed by atoms with Gasteiger partial charge in [0, 0.05) is 19.7 Å². The molecule has 0 radical (unpaired) electrons. The molecule has 1 saturated heterocycles. The lowest BCUT2D eigenvalue weighted by molar-refractivity contribution is -0.385. The Morgan fingerprint density at radius 1 is 1.60 bits per heavy atom. The van der Waals surface area contributed by atoms with Crippen LogP contribution in [0, 0.1) is 10.1 Å². The summed E-state index contributed by atoms with van der Waals surface area (Å²) in [6, 6.07) is 3.91. The third-order valence-corrected chi connectivity index (χ3v) is 3.44. The predicted octanol–water partition coefficient (Wildman–Crippen LogP) is 1.55. The van der Waals surface area contributed by atoms with Crippen LogP contribution in [0.2, 0.25) is 0 Å². The van der Waals surface area contributed by atoms with E-state index in [1.807, 2.05) is 0 Å².